The number of nitrogens with one attached hydrogen (secondary N) is 2. The number of carbonyl (C=O) groups excluding carboxylic acids is 1. The normalized spacial score (nSPS) is 11.3. The Morgan fingerprint density at radius 2 is 1.74 bits per heavy atom. The van der Waals surface area contributed by atoms with Crippen molar-refractivity contribution in [3.63, 3.8) is 0 Å². The topological polar surface area (TPSA) is 201 Å². The largest absolute Gasteiger partial charge is 0.491 e. The highest BCUT2D eigenvalue weighted by Gasteiger charge is 2.23. The Balaban J connectivity index is 0.000000261. The van der Waals surface area contributed by atoms with Crippen molar-refractivity contribution >= 4 is 51.2 Å². The maximum absolute atomic E-state index is 13.5. The molecule has 19 heteroatoms. The highest BCUT2D eigenvalue weighted by atomic mass is 35.5. The number of hydrogen-bond acceptors (Lipinski definition) is 12. The Labute approximate surface area is 278 Å². The molecule has 0 spiro atoms. The average molecular weight is 714 g/mol. The van der Waals surface area contributed by atoms with Crippen molar-refractivity contribution in [3.05, 3.63) is 77.5 Å². The number of urea groups is 1. The number of pyridine rings is 1. The first kappa shape index (κ1) is 36.5. The number of benzene rings is 2. The van der Waals surface area contributed by atoms with Gasteiger partial charge in [0.1, 0.15) is 34.6 Å². The molecule has 2 aromatic heterocycles. The zero-order valence-electron chi connectivity index (χ0n) is 24.8. The van der Waals surface area contributed by atoms with E-state index in [2.05, 4.69) is 25.3 Å². The van der Waals surface area contributed by atoms with Crippen LogP contribution >= 0.6 is 23.2 Å². The van der Waals surface area contributed by atoms with Crippen LogP contribution in [0.25, 0.3) is 0 Å². The number of anilines is 1. The molecule has 4 aromatic rings. The monoisotopic (exact) mass is 712 g/mol. The summed E-state index contributed by atoms with van der Waals surface area (Å²) in [6, 6.07) is 11.9. The Hall–Kier alpha value is -5.00. The van der Waals surface area contributed by atoms with Gasteiger partial charge in [-0.1, -0.05) is 23.7 Å². The lowest BCUT2D eigenvalue weighted by Crippen LogP contribution is -2.35. The van der Waals surface area contributed by atoms with E-state index in [0.717, 1.165) is 6.07 Å². The van der Waals surface area contributed by atoms with Gasteiger partial charge in [0, 0.05) is 6.20 Å². The van der Waals surface area contributed by atoms with Gasteiger partial charge in [0.2, 0.25) is 5.95 Å². The van der Waals surface area contributed by atoms with Gasteiger partial charge in [0.05, 0.1) is 18.0 Å². The number of aryl methyl sites for hydroxylation is 1. The molecule has 0 saturated heterocycles. The summed E-state index contributed by atoms with van der Waals surface area (Å²) in [6.07, 6.45) is 0.304. The number of para-hydroxylation sites is 1. The summed E-state index contributed by atoms with van der Waals surface area (Å²) < 4.78 is 60.8. The van der Waals surface area contributed by atoms with E-state index in [1.165, 1.54) is 62.7 Å². The van der Waals surface area contributed by atoms with Crippen molar-refractivity contribution in [2.75, 3.05) is 24.9 Å². The number of sulfonamides is 1. The fourth-order valence-electron chi connectivity index (χ4n) is 3.28. The highest BCUT2D eigenvalue weighted by molar-refractivity contribution is 7.90. The smallest absolute Gasteiger partial charge is 0.344 e. The number of aliphatic carboxylic acids is 1. The number of carboxylic acid groups (broad SMARTS) is 1. The Morgan fingerprint density at radius 1 is 1.06 bits per heavy atom. The van der Waals surface area contributed by atoms with Crippen LogP contribution in [0.3, 0.4) is 0 Å². The molecule has 0 saturated carbocycles. The van der Waals surface area contributed by atoms with E-state index in [0.29, 0.717) is 11.5 Å². The minimum atomic E-state index is -4.20. The van der Waals surface area contributed by atoms with Crippen molar-refractivity contribution in [3.8, 4) is 29.1 Å². The molecular weight excluding hydrogens is 686 g/mol. The molecule has 2 aromatic carbocycles. The molecule has 0 unspecified atom stereocenters. The first-order valence-corrected chi connectivity index (χ1v) is 15.6. The molecule has 0 aliphatic rings. The molecule has 0 fully saturated rings. The molecule has 250 valence electrons. The average Bonchev–Trinajstić information content (AvgIpc) is 3.02. The van der Waals surface area contributed by atoms with Crippen LogP contribution in [0.15, 0.2) is 65.7 Å². The third kappa shape index (κ3) is 11.4. The van der Waals surface area contributed by atoms with Crippen LogP contribution in [0.4, 0.5) is 15.1 Å². The SMILES string of the molecule is COc1nc(C)nc(NC(=O)NS(=O)(=O)c2ccccc2OCCCl)n1.C[C@@H](Oc1ccc(Oc2ncc(Cl)cc2F)cc1)C(=O)O. The number of halogens is 3. The number of rotatable bonds is 12. The first-order valence-electron chi connectivity index (χ1n) is 13.2. The van der Waals surface area contributed by atoms with Crippen LogP contribution in [0.2, 0.25) is 5.02 Å². The summed E-state index contributed by atoms with van der Waals surface area (Å²) in [5.41, 5.74) is 0. The molecule has 3 N–H and O–H groups in total. The summed E-state index contributed by atoms with van der Waals surface area (Å²) in [4.78, 5) is 37.8. The van der Waals surface area contributed by atoms with Gasteiger partial charge >= 0.3 is 18.0 Å². The third-order valence-electron chi connectivity index (χ3n) is 5.31. The number of methoxy groups -OCH3 is 1. The van der Waals surface area contributed by atoms with E-state index in [4.69, 9.17) is 47.3 Å². The minimum Gasteiger partial charge on any atom is -0.491 e. The number of hydrogen-bond donors (Lipinski definition) is 3. The van der Waals surface area contributed by atoms with Crippen molar-refractivity contribution < 1.29 is 46.5 Å². The van der Waals surface area contributed by atoms with Crippen molar-refractivity contribution in [2.24, 2.45) is 0 Å². The molecule has 2 heterocycles. The molecule has 0 bridgehead atoms. The summed E-state index contributed by atoms with van der Waals surface area (Å²) in [5, 5.41) is 11.1. The lowest BCUT2D eigenvalue weighted by Gasteiger charge is -2.12. The lowest BCUT2D eigenvalue weighted by molar-refractivity contribution is -0.144. The number of ether oxygens (including phenoxy) is 4. The van der Waals surface area contributed by atoms with Crippen molar-refractivity contribution in [1.82, 2.24) is 24.7 Å². The van der Waals surface area contributed by atoms with Gasteiger partial charge in [-0.3, -0.25) is 5.32 Å². The second kappa shape index (κ2) is 17.1. The summed E-state index contributed by atoms with van der Waals surface area (Å²) >= 11 is 11.1. The second-order valence-corrected chi connectivity index (χ2v) is 11.3. The molecule has 0 radical (unpaired) electrons. The zero-order valence-corrected chi connectivity index (χ0v) is 27.1. The first-order chi connectivity index (χ1) is 22.3. The summed E-state index contributed by atoms with van der Waals surface area (Å²) in [5.74, 6) is -0.865. The van der Waals surface area contributed by atoms with E-state index in [1.807, 2.05) is 4.72 Å². The molecule has 4 rings (SSSR count). The van der Waals surface area contributed by atoms with E-state index in [1.54, 1.807) is 13.0 Å². The van der Waals surface area contributed by atoms with Crippen LogP contribution in [0, 0.1) is 12.7 Å². The van der Waals surface area contributed by atoms with E-state index < -0.39 is 33.9 Å². The lowest BCUT2D eigenvalue weighted by atomic mass is 10.3. The Bertz CT molecular complexity index is 1800. The third-order valence-corrected chi connectivity index (χ3v) is 7.04. The van der Waals surface area contributed by atoms with Gasteiger partial charge in [0.15, 0.2) is 11.9 Å². The fourth-order valence-corrected chi connectivity index (χ4v) is 4.55. The maximum atomic E-state index is 13.5. The quantitative estimate of drug-likeness (QED) is 0.169. The number of carboxylic acids is 1. The van der Waals surface area contributed by atoms with Gasteiger partial charge in [0.25, 0.3) is 15.9 Å². The van der Waals surface area contributed by atoms with Crippen LogP contribution in [-0.4, -0.2) is 71.2 Å². The molecule has 1 atom stereocenters. The van der Waals surface area contributed by atoms with E-state index >= 15 is 0 Å². The molecule has 47 heavy (non-hydrogen) atoms. The Morgan fingerprint density at radius 3 is 2.38 bits per heavy atom. The van der Waals surface area contributed by atoms with Crippen molar-refractivity contribution in [2.45, 2.75) is 24.8 Å². The minimum absolute atomic E-state index is 0.0181. The number of nitrogens with zero attached hydrogens (tertiary/aromatic N) is 4. The predicted octanol–water partition coefficient (Wildman–Crippen LogP) is 4.83. The molecule has 15 nitrogen and oxygen atoms in total. The number of alkyl halides is 1. The van der Waals surface area contributed by atoms with Crippen LogP contribution in [0.5, 0.6) is 29.1 Å². The maximum Gasteiger partial charge on any atom is 0.344 e. The summed E-state index contributed by atoms with van der Waals surface area (Å²) in [7, 11) is -2.85. The van der Waals surface area contributed by atoms with Crippen LogP contribution in [0.1, 0.15) is 12.7 Å². The second-order valence-electron chi connectivity index (χ2n) is 8.85. The van der Waals surface area contributed by atoms with E-state index in [-0.39, 0.29) is 51.8 Å². The standard InChI is InChI=1S/C14H11ClFNO4.C14H16ClN5O5S/c1-8(14(18)19)20-10-2-4-11(5-3-10)21-13-12(16)6-9(15)7-17-13;1-9-16-12(19-14(17-9)24-2)18-13(21)20-26(22,23)11-6-4-3-5-10(11)25-8-7-15/h2-8H,1H3,(H,18,19);3-6H,7-8H2,1-2H3,(H2,16,17,18,19,20,21)/t8-;/m1./s1. The van der Waals surface area contributed by atoms with Crippen LogP contribution < -0.4 is 29.0 Å². The molecule has 0 aliphatic carbocycles. The molecule has 2 amide bonds. The number of carbonyl (C=O) groups is 2. The molecular formula is C28H27Cl2FN6O9S. The zero-order chi connectivity index (χ0) is 34.6. The fraction of sp³-hybridized carbons (Fsp3) is 0.214. The van der Waals surface area contributed by atoms with E-state index in [9.17, 15) is 22.4 Å². The molecule has 0 aliphatic heterocycles. The predicted molar refractivity (Wildman–Crippen MR) is 167 cm³/mol. The summed E-state index contributed by atoms with van der Waals surface area (Å²) in [6.45, 7) is 3.10. The van der Waals surface area contributed by atoms with Gasteiger partial charge in [-0.25, -0.2) is 32.1 Å². The van der Waals surface area contributed by atoms with Crippen LogP contribution in [-0.2, 0) is 14.8 Å². The number of aromatic nitrogens is 4. The van der Waals surface area contributed by atoms with Gasteiger partial charge in [-0.2, -0.15) is 15.0 Å². The number of amides is 2. The van der Waals surface area contributed by atoms with Gasteiger partial charge in [-0.05, 0) is 56.3 Å². The van der Waals surface area contributed by atoms with Crippen molar-refractivity contribution in [1.29, 1.82) is 0 Å². The highest BCUT2D eigenvalue weighted by Crippen LogP contribution is 2.26. The Kier molecular flexibility index (Phi) is 13.2. The van der Waals surface area contributed by atoms with Gasteiger partial charge in [-0.15, -0.1) is 11.6 Å². The van der Waals surface area contributed by atoms with Gasteiger partial charge < -0.3 is 24.1 Å².